The van der Waals surface area contributed by atoms with Gasteiger partial charge < -0.3 is 11.1 Å². The van der Waals surface area contributed by atoms with Crippen molar-refractivity contribution in [1.82, 2.24) is 5.32 Å². The van der Waals surface area contributed by atoms with Gasteiger partial charge in [-0.3, -0.25) is 0 Å². The number of rotatable bonds is 0. The lowest BCUT2D eigenvalue weighted by atomic mass is 9.75. The zero-order chi connectivity index (χ0) is 8.60. The highest BCUT2D eigenvalue weighted by atomic mass is 19.1. The van der Waals surface area contributed by atoms with Crippen LogP contribution in [0.15, 0.2) is 0 Å². The molecule has 0 amide bonds. The monoisotopic (exact) mass is 172 g/mol. The lowest BCUT2D eigenvalue weighted by Crippen LogP contribution is -2.47. The second kappa shape index (κ2) is 2.96. The fraction of sp³-hybridized carbons (Fsp3) is 1.00. The van der Waals surface area contributed by atoms with E-state index in [-0.39, 0.29) is 11.5 Å². The Labute approximate surface area is 72.7 Å². The van der Waals surface area contributed by atoms with Crippen LogP contribution >= 0.6 is 0 Å². The molecular weight excluding hydrogens is 155 g/mol. The molecule has 1 heterocycles. The molecule has 2 atom stereocenters. The average molecular weight is 172 g/mol. The Morgan fingerprint density at radius 1 is 1.25 bits per heavy atom. The molecule has 1 saturated carbocycles. The minimum atomic E-state index is -0.747. The smallest absolute Gasteiger partial charge is 0.116 e. The van der Waals surface area contributed by atoms with E-state index in [1.54, 1.807) is 0 Å². The summed E-state index contributed by atoms with van der Waals surface area (Å²) in [5.74, 6) is 0. The largest absolute Gasteiger partial charge is 0.325 e. The summed E-state index contributed by atoms with van der Waals surface area (Å²) in [6.45, 7) is 2.03. The second-order valence-electron chi connectivity index (χ2n) is 4.19. The van der Waals surface area contributed by atoms with Crippen LogP contribution in [0.3, 0.4) is 0 Å². The Bertz CT molecular complexity index is 160. The molecule has 0 unspecified atom stereocenters. The van der Waals surface area contributed by atoms with Crippen molar-refractivity contribution in [2.24, 2.45) is 11.1 Å². The summed E-state index contributed by atoms with van der Waals surface area (Å²) in [6.07, 6.45) is 3.06. The van der Waals surface area contributed by atoms with E-state index in [1.165, 1.54) is 0 Å². The molecule has 1 saturated heterocycles. The van der Waals surface area contributed by atoms with E-state index in [0.717, 1.165) is 32.4 Å². The van der Waals surface area contributed by atoms with Gasteiger partial charge in [0.05, 0.1) is 0 Å². The van der Waals surface area contributed by atoms with Gasteiger partial charge in [0.2, 0.25) is 0 Å². The topological polar surface area (TPSA) is 38.0 Å². The van der Waals surface area contributed by atoms with Crippen molar-refractivity contribution >= 4 is 0 Å². The zero-order valence-corrected chi connectivity index (χ0v) is 7.35. The third-order valence-corrected chi connectivity index (χ3v) is 3.61. The third-order valence-electron chi connectivity index (χ3n) is 3.61. The number of alkyl halides is 1. The number of piperidine rings is 1. The first kappa shape index (κ1) is 8.45. The van der Waals surface area contributed by atoms with Gasteiger partial charge in [-0.05, 0) is 44.2 Å². The van der Waals surface area contributed by atoms with Gasteiger partial charge in [0.1, 0.15) is 6.17 Å². The standard InChI is InChI=1S/C9H17FN2/c10-7-1-2-9(8(7)11)3-5-12-6-4-9/h7-8,12H,1-6,11H2/t7-,8+/m1/s1. The molecular formula is C9H17FN2. The van der Waals surface area contributed by atoms with Crippen molar-refractivity contribution in [2.45, 2.75) is 37.9 Å². The van der Waals surface area contributed by atoms with Crippen LogP contribution < -0.4 is 11.1 Å². The van der Waals surface area contributed by atoms with Gasteiger partial charge in [-0.15, -0.1) is 0 Å². The van der Waals surface area contributed by atoms with Crippen LogP contribution in [0.25, 0.3) is 0 Å². The zero-order valence-electron chi connectivity index (χ0n) is 7.35. The summed E-state index contributed by atoms with van der Waals surface area (Å²) in [7, 11) is 0. The van der Waals surface area contributed by atoms with Crippen LogP contribution in [0.2, 0.25) is 0 Å². The molecule has 0 aromatic carbocycles. The molecule has 2 rings (SSSR count). The van der Waals surface area contributed by atoms with Crippen molar-refractivity contribution in [3.05, 3.63) is 0 Å². The number of nitrogens with one attached hydrogen (secondary N) is 1. The Hall–Kier alpha value is -0.150. The van der Waals surface area contributed by atoms with E-state index < -0.39 is 6.17 Å². The van der Waals surface area contributed by atoms with Crippen LogP contribution in [0.5, 0.6) is 0 Å². The molecule has 1 spiro atoms. The summed E-state index contributed by atoms with van der Waals surface area (Å²) in [5, 5.41) is 3.29. The SMILES string of the molecule is N[C@H]1[C@H](F)CCC12CCNCC2. The van der Waals surface area contributed by atoms with Crippen molar-refractivity contribution in [3.63, 3.8) is 0 Å². The molecule has 2 nitrogen and oxygen atoms in total. The van der Waals surface area contributed by atoms with E-state index >= 15 is 0 Å². The summed E-state index contributed by atoms with van der Waals surface area (Å²) in [4.78, 5) is 0. The van der Waals surface area contributed by atoms with Gasteiger partial charge in [0.25, 0.3) is 0 Å². The summed E-state index contributed by atoms with van der Waals surface area (Å²) < 4.78 is 13.2. The van der Waals surface area contributed by atoms with Gasteiger partial charge >= 0.3 is 0 Å². The third kappa shape index (κ3) is 1.15. The lowest BCUT2D eigenvalue weighted by Gasteiger charge is -2.37. The predicted molar refractivity (Wildman–Crippen MR) is 46.6 cm³/mol. The van der Waals surface area contributed by atoms with E-state index in [9.17, 15) is 4.39 Å². The van der Waals surface area contributed by atoms with E-state index in [2.05, 4.69) is 5.32 Å². The quantitative estimate of drug-likeness (QED) is 0.567. The fourth-order valence-corrected chi connectivity index (χ4v) is 2.66. The Morgan fingerprint density at radius 3 is 2.42 bits per heavy atom. The molecule has 12 heavy (non-hydrogen) atoms. The molecule has 0 aromatic heterocycles. The van der Waals surface area contributed by atoms with Crippen molar-refractivity contribution in [2.75, 3.05) is 13.1 Å². The predicted octanol–water partition coefficient (Wildman–Crippen LogP) is 0.815. The molecule has 0 aromatic rings. The molecule has 2 fully saturated rings. The van der Waals surface area contributed by atoms with Crippen LogP contribution in [-0.4, -0.2) is 25.3 Å². The number of hydrogen-bond acceptors (Lipinski definition) is 2. The van der Waals surface area contributed by atoms with Gasteiger partial charge in [0, 0.05) is 6.04 Å². The van der Waals surface area contributed by atoms with Gasteiger partial charge in [0.15, 0.2) is 0 Å². The molecule has 1 aliphatic heterocycles. The van der Waals surface area contributed by atoms with Crippen LogP contribution in [-0.2, 0) is 0 Å². The highest BCUT2D eigenvalue weighted by Gasteiger charge is 2.46. The maximum absolute atomic E-state index is 13.2. The molecule has 0 bridgehead atoms. The number of halogens is 1. The van der Waals surface area contributed by atoms with Crippen LogP contribution in [0, 0.1) is 5.41 Å². The Kier molecular flexibility index (Phi) is 2.09. The first-order valence-electron chi connectivity index (χ1n) is 4.85. The minimum absolute atomic E-state index is 0.144. The fourth-order valence-electron chi connectivity index (χ4n) is 2.66. The summed E-state index contributed by atoms with van der Waals surface area (Å²) >= 11 is 0. The maximum Gasteiger partial charge on any atom is 0.116 e. The first-order valence-corrected chi connectivity index (χ1v) is 4.85. The Balaban J connectivity index is 2.09. The number of hydrogen-bond donors (Lipinski definition) is 2. The van der Waals surface area contributed by atoms with Gasteiger partial charge in [-0.25, -0.2) is 4.39 Å². The van der Waals surface area contributed by atoms with Gasteiger partial charge in [-0.2, -0.15) is 0 Å². The molecule has 3 N–H and O–H groups in total. The second-order valence-corrected chi connectivity index (χ2v) is 4.19. The summed E-state index contributed by atoms with van der Waals surface area (Å²) in [5.41, 5.74) is 6.03. The molecule has 3 heteroatoms. The first-order chi connectivity index (χ1) is 5.75. The van der Waals surface area contributed by atoms with Crippen LogP contribution in [0.4, 0.5) is 4.39 Å². The normalized spacial score (nSPS) is 40.5. The lowest BCUT2D eigenvalue weighted by molar-refractivity contribution is 0.157. The van der Waals surface area contributed by atoms with E-state index in [4.69, 9.17) is 5.73 Å². The highest BCUT2D eigenvalue weighted by Crippen LogP contribution is 2.45. The molecule has 70 valence electrons. The van der Waals surface area contributed by atoms with Gasteiger partial charge in [-0.1, -0.05) is 0 Å². The average Bonchev–Trinajstić information content (AvgIpc) is 2.37. The highest BCUT2D eigenvalue weighted by molar-refractivity contribution is 5.01. The summed E-state index contributed by atoms with van der Waals surface area (Å²) in [6, 6.07) is -0.195. The maximum atomic E-state index is 13.2. The van der Waals surface area contributed by atoms with Crippen molar-refractivity contribution in [1.29, 1.82) is 0 Å². The molecule has 1 aliphatic carbocycles. The Morgan fingerprint density at radius 2 is 1.92 bits per heavy atom. The minimum Gasteiger partial charge on any atom is -0.325 e. The number of nitrogens with two attached hydrogens (primary N) is 1. The van der Waals surface area contributed by atoms with E-state index in [0.29, 0.717) is 6.42 Å². The van der Waals surface area contributed by atoms with Crippen molar-refractivity contribution in [3.8, 4) is 0 Å². The van der Waals surface area contributed by atoms with Crippen molar-refractivity contribution < 1.29 is 4.39 Å². The molecule has 2 aliphatic rings. The molecule has 0 radical (unpaired) electrons. The van der Waals surface area contributed by atoms with E-state index in [1.807, 2.05) is 0 Å². The van der Waals surface area contributed by atoms with Crippen LogP contribution in [0.1, 0.15) is 25.7 Å².